The van der Waals surface area contributed by atoms with Crippen LogP contribution in [0.4, 0.5) is 0 Å². The Bertz CT molecular complexity index is 459. The third-order valence-electron chi connectivity index (χ3n) is 2.98. The number of aromatic nitrogens is 1. The molecule has 0 saturated carbocycles. The fourth-order valence-electron chi connectivity index (χ4n) is 1.96. The molecule has 2 rings (SSSR count). The van der Waals surface area contributed by atoms with Gasteiger partial charge in [-0.2, -0.15) is 0 Å². The van der Waals surface area contributed by atoms with Gasteiger partial charge < -0.3 is 9.84 Å². The molecule has 1 aromatic rings. The van der Waals surface area contributed by atoms with E-state index in [9.17, 15) is 8.42 Å². The Kier molecular flexibility index (Phi) is 3.03. The summed E-state index contributed by atoms with van der Waals surface area (Å²) in [7, 11) is -2.81. The summed E-state index contributed by atoms with van der Waals surface area (Å²) < 4.78 is 27.6. The molecule has 2 heterocycles. The van der Waals surface area contributed by atoms with Crippen LogP contribution in [0.15, 0.2) is 4.52 Å². The van der Waals surface area contributed by atoms with Crippen LogP contribution in [-0.2, 0) is 16.4 Å². The van der Waals surface area contributed by atoms with E-state index in [4.69, 9.17) is 4.52 Å². The minimum absolute atomic E-state index is 0.0682. The predicted molar refractivity (Wildman–Crippen MR) is 59.9 cm³/mol. The lowest BCUT2D eigenvalue weighted by Gasteiger charge is -2.09. The van der Waals surface area contributed by atoms with Crippen LogP contribution in [0, 0.1) is 13.8 Å². The van der Waals surface area contributed by atoms with Crippen molar-refractivity contribution in [3.63, 3.8) is 0 Å². The lowest BCUT2D eigenvalue weighted by atomic mass is 10.2. The minimum Gasteiger partial charge on any atom is -0.361 e. The summed E-state index contributed by atoms with van der Waals surface area (Å²) in [6, 6.07) is 0.0682. The predicted octanol–water partition coefficient (Wildman–Crippen LogP) is 0.568. The smallest absolute Gasteiger partial charge is 0.151 e. The summed E-state index contributed by atoms with van der Waals surface area (Å²) in [6.07, 6.45) is 0.700. The first kappa shape index (κ1) is 11.6. The van der Waals surface area contributed by atoms with Crippen molar-refractivity contribution < 1.29 is 12.9 Å². The van der Waals surface area contributed by atoms with Gasteiger partial charge in [0, 0.05) is 18.2 Å². The molecule has 6 heteroatoms. The van der Waals surface area contributed by atoms with Gasteiger partial charge in [-0.25, -0.2) is 8.42 Å². The van der Waals surface area contributed by atoms with Gasteiger partial charge in [-0.15, -0.1) is 0 Å². The maximum Gasteiger partial charge on any atom is 0.151 e. The number of hydrogen-bond acceptors (Lipinski definition) is 5. The van der Waals surface area contributed by atoms with E-state index in [2.05, 4.69) is 10.5 Å². The van der Waals surface area contributed by atoms with Crippen LogP contribution in [0.5, 0.6) is 0 Å². The highest BCUT2D eigenvalue weighted by atomic mass is 32.2. The van der Waals surface area contributed by atoms with E-state index in [-0.39, 0.29) is 11.8 Å². The SMILES string of the molecule is Cc1noc(C)c1CNC1CCS(=O)(=O)C1. The second-order valence-electron chi connectivity index (χ2n) is 4.28. The minimum atomic E-state index is -2.81. The molecule has 1 unspecified atom stereocenters. The van der Waals surface area contributed by atoms with Crippen LogP contribution in [-0.4, -0.2) is 31.1 Å². The number of nitrogens with one attached hydrogen (secondary N) is 1. The molecule has 1 aromatic heterocycles. The summed E-state index contributed by atoms with van der Waals surface area (Å²) in [5, 5.41) is 7.10. The maximum atomic E-state index is 11.3. The highest BCUT2D eigenvalue weighted by Crippen LogP contribution is 2.15. The van der Waals surface area contributed by atoms with E-state index >= 15 is 0 Å². The third kappa shape index (κ3) is 2.44. The van der Waals surface area contributed by atoms with Crippen LogP contribution in [0.3, 0.4) is 0 Å². The van der Waals surface area contributed by atoms with E-state index in [1.165, 1.54) is 0 Å². The summed E-state index contributed by atoms with van der Waals surface area (Å²) in [5.41, 5.74) is 1.90. The fourth-order valence-corrected chi connectivity index (χ4v) is 3.66. The van der Waals surface area contributed by atoms with E-state index in [0.29, 0.717) is 18.7 Å². The first-order chi connectivity index (χ1) is 7.48. The van der Waals surface area contributed by atoms with Crippen molar-refractivity contribution in [1.29, 1.82) is 0 Å². The zero-order valence-electron chi connectivity index (χ0n) is 9.49. The molecule has 0 bridgehead atoms. The van der Waals surface area contributed by atoms with Gasteiger partial charge in [0.15, 0.2) is 9.84 Å². The van der Waals surface area contributed by atoms with E-state index in [0.717, 1.165) is 17.0 Å². The Morgan fingerprint density at radius 3 is 2.75 bits per heavy atom. The molecular weight excluding hydrogens is 228 g/mol. The molecule has 1 aliphatic heterocycles. The van der Waals surface area contributed by atoms with Crippen molar-refractivity contribution in [2.24, 2.45) is 0 Å². The van der Waals surface area contributed by atoms with E-state index in [1.54, 1.807) is 0 Å². The summed E-state index contributed by atoms with van der Waals surface area (Å²) in [5.74, 6) is 1.34. The van der Waals surface area contributed by atoms with Crippen LogP contribution < -0.4 is 5.32 Å². The summed E-state index contributed by atoms with van der Waals surface area (Å²) in [6.45, 7) is 4.38. The number of hydrogen-bond donors (Lipinski definition) is 1. The molecule has 1 fully saturated rings. The Balaban J connectivity index is 1.94. The summed E-state index contributed by atoms with van der Waals surface area (Å²) >= 11 is 0. The molecule has 1 saturated heterocycles. The van der Waals surface area contributed by atoms with Crippen molar-refractivity contribution in [2.75, 3.05) is 11.5 Å². The van der Waals surface area contributed by atoms with Crippen LogP contribution in [0.1, 0.15) is 23.4 Å². The van der Waals surface area contributed by atoms with Crippen LogP contribution >= 0.6 is 0 Å². The number of sulfone groups is 1. The molecule has 90 valence electrons. The zero-order valence-corrected chi connectivity index (χ0v) is 10.3. The normalized spacial score (nSPS) is 23.8. The molecule has 0 radical (unpaired) electrons. The molecular formula is C10H16N2O3S. The monoisotopic (exact) mass is 244 g/mol. The van der Waals surface area contributed by atoms with E-state index in [1.807, 2.05) is 13.8 Å². The van der Waals surface area contributed by atoms with Crippen LogP contribution in [0.25, 0.3) is 0 Å². The first-order valence-corrected chi connectivity index (χ1v) is 7.15. The second kappa shape index (κ2) is 4.18. The molecule has 16 heavy (non-hydrogen) atoms. The number of nitrogens with zero attached hydrogens (tertiary/aromatic N) is 1. The van der Waals surface area contributed by atoms with Crippen molar-refractivity contribution in [3.8, 4) is 0 Å². The number of rotatable bonds is 3. The van der Waals surface area contributed by atoms with Gasteiger partial charge in [-0.3, -0.25) is 0 Å². The molecule has 0 aromatic carbocycles. The van der Waals surface area contributed by atoms with Gasteiger partial charge >= 0.3 is 0 Å². The molecule has 0 aliphatic carbocycles. The Hall–Kier alpha value is -0.880. The second-order valence-corrected chi connectivity index (χ2v) is 6.51. The quantitative estimate of drug-likeness (QED) is 0.841. The average Bonchev–Trinajstić information content (AvgIpc) is 2.69. The fraction of sp³-hybridized carbons (Fsp3) is 0.700. The molecule has 1 atom stereocenters. The lowest BCUT2D eigenvalue weighted by Crippen LogP contribution is -2.29. The Labute approximate surface area is 95.1 Å². The van der Waals surface area contributed by atoms with Crippen molar-refractivity contribution in [2.45, 2.75) is 32.9 Å². The highest BCUT2D eigenvalue weighted by Gasteiger charge is 2.27. The molecule has 0 spiro atoms. The molecule has 1 aliphatic rings. The Morgan fingerprint density at radius 1 is 1.50 bits per heavy atom. The topological polar surface area (TPSA) is 72.2 Å². The third-order valence-corrected chi connectivity index (χ3v) is 4.75. The lowest BCUT2D eigenvalue weighted by molar-refractivity contribution is 0.391. The van der Waals surface area contributed by atoms with Gasteiger partial charge in [0.1, 0.15) is 5.76 Å². The summed E-state index contributed by atoms with van der Waals surface area (Å²) in [4.78, 5) is 0. The van der Waals surface area contributed by atoms with E-state index < -0.39 is 9.84 Å². The standard InChI is InChI=1S/C10H16N2O3S/c1-7-10(8(2)15-12-7)5-11-9-3-4-16(13,14)6-9/h9,11H,3-6H2,1-2H3. The highest BCUT2D eigenvalue weighted by molar-refractivity contribution is 7.91. The first-order valence-electron chi connectivity index (χ1n) is 5.33. The van der Waals surface area contributed by atoms with Gasteiger partial charge in [-0.05, 0) is 20.3 Å². The average molecular weight is 244 g/mol. The van der Waals surface area contributed by atoms with Gasteiger partial charge in [0.25, 0.3) is 0 Å². The van der Waals surface area contributed by atoms with Crippen LogP contribution in [0.2, 0.25) is 0 Å². The van der Waals surface area contributed by atoms with Crippen molar-refractivity contribution >= 4 is 9.84 Å². The maximum absolute atomic E-state index is 11.3. The van der Waals surface area contributed by atoms with Crippen molar-refractivity contribution in [3.05, 3.63) is 17.0 Å². The van der Waals surface area contributed by atoms with Crippen molar-refractivity contribution in [1.82, 2.24) is 10.5 Å². The number of aryl methyl sites for hydroxylation is 2. The zero-order chi connectivity index (χ0) is 11.8. The molecule has 5 nitrogen and oxygen atoms in total. The van der Waals surface area contributed by atoms with Gasteiger partial charge in [0.05, 0.1) is 17.2 Å². The largest absolute Gasteiger partial charge is 0.361 e. The van der Waals surface area contributed by atoms with Gasteiger partial charge in [-0.1, -0.05) is 5.16 Å². The molecule has 0 amide bonds. The Morgan fingerprint density at radius 2 is 2.25 bits per heavy atom. The van der Waals surface area contributed by atoms with Gasteiger partial charge in [0.2, 0.25) is 0 Å². The molecule has 1 N–H and O–H groups in total.